The van der Waals surface area contributed by atoms with E-state index in [1.807, 2.05) is 12.4 Å². The number of pyridine rings is 1. The Bertz CT molecular complexity index is 895. The van der Waals surface area contributed by atoms with Gasteiger partial charge in [0.1, 0.15) is 5.82 Å². The van der Waals surface area contributed by atoms with Crippen LogP contribution in [-0.4, -0.2) is 51.2 Å². The number of carbonyl (C=O) groups excluding carboxylic acids is 1. The summed E-state index contributed by atoms with van der Waals surface area (Å²) in [6.45, 7) is 2.84. The van der Waals surface area contributed by atoms with E-state index in [1.165, 1.54) is 19.3 Å². The topological polar surface area (TPSA) is 89.1 Å². The summed E-state index contributed by atoms with van der Waals surface area (Å²) < 4.78 is 2.08. The average molecular weight is 395 g/mol. The first kappa shape index (κ1) is 18.6. The van der Waals surface area contributed by atoms with E-state index < -0.39 is 0 Å². The van der Waals surface area contributed by atoms with Crippen molar-refractivity contribution in [1.82, 2.24) is 25.0 Å². The van der Waals surface area contributed by atoms with Gasteiger partial charge in [0.05, 0.1) is 17.8 Å². The van der Waals surface area contributed by atoms with Crippen LogP contribution in [-0.2, 0) is 6.42 Å². The fraction of sp³-hybridized carbons (Fsp3) is 0.591. The van der Waals surface area contributed by atoms with E-state index in [4.69, 9.17) is 5.73 Å². The van der Waals surface area contributed by atoms with Crippen LogP contribution in [0.15, 0.2) is 18.6 Å². The van der Waals surface area contributed by atoms with E-state index in [2.05, 4.69) is 31.2 Å². The molecule has 154 valence electrons. The number of aromatic nitrogens is 3. The van der Waals surface area contributed by atoms with Crippen LogP contribution >= 0.6 is 0 Å². The molecular formula is C22H30N6O. The van der Waals surface area contributed by atoms with Gasteiger partial charge in [0.25, 0.3) is 5.91 Å². The van der Waals surface area contributed by atoms with E-state index in [0.29, 0.717) is 23.5 Å². The quantitative estimate of drug-likeness (QED) is 0.836. The molecular weight excluding hydrogens is 364 g/mol. The molecule has 2 aromatic rings. The van der Waals surface area contributed by atoms with Crippen molar-refractivity contribution in [1.29, 1.82) is 0 Å². The number of nitrogens with one attached hydrogen (secondary N) is 1. The molecule has 0 atom stereocenters. The number of amides is 1. The molecule has 1 saturated carbocycles. The molecule has 3 aliphatic rings. The molecule has 7 heteroatoms. The number of anilines is 1. The van der Waals surface area contributed by atoms with Crippen molar-refractivity contribution in [3.05, 3.63) is 29.7 Å². The highest BCUT2D eigenvalue weighted by atomic mass is 16.2. The smallest absolute Gasteiger partial charge is 0.258 e. The number of fused-ring (bicyclic) bond motifs is 1. The Labute approximate surface area is 171 Å². The Morgan fingerprint density at radius 3 is 2.62 bits per heavy atom. The maximum absolute atomic E-state index is 13.4. The Morgan fingerprint density at radius 1 is 1.03 bits per heavy atom. The zero-order chi connectivity index (χ0) is 19.8. The Kier molecular flexibility index (Phi) is 4.99. The minimum Gasteiger partial charge on any atom is -0.383 e. The lowest BCUT2D eigenvalue weighted by Gasteiger charge is -2.38. The zero-order valence-electron chi connectivity index (χ0n) is 16.9. The second-order valence-electron chi connectivity index (χ2n) is 8.64. The molecule has 2 aliphatic heterocycles. The summed E-state index contributed by atoms with van der Waals surface area (Å²) in [5.74, 6) is 0.427. The normalized spacial score (nSPS) is 21.4. The van der Waals surface area contributed by atoms with Gasteiger partial charge in [-0.25, -0.2) is 4.98 Å². The SMILES string of the molecule is Nc1ncc(-c2cnn(C3CCNCC3)c2)c2c1C(=O)N(C1CCCCC1)CC2. The van der Waals surface area contributed by atoms with Gasteiger partial charge in [-0.1, -0.05) is 19.3 Å². The lowest BCUT2D eigenvalue weighted by Crippen LogP contribution is -2.46. The summed E-state index contributed by atoms with van der Waals surface area (Å²) in [6, 6.07) is 0.793. The molecule has 1 amide bonds. The van der Waals surface area contributed by atoms with Crippen molar-refractivity contribution in [2.24, 2.45) is 0 Å². The maximum Gasteiger partial charge on any atom is 0.258 e. The molecule has 4 heterocycles. The Hall–Kier alpha value is -2.41. The fourth-order valence-corrected chi connectivity index (χ4v) is 5.28. The lowest BCUT2D eigenvalue weighted by molar-refractivity contribution is 0.0616. The Balaban J connectivity index is 1.46. The van der Waals surface area contributed by atoms with Gasteiger partial charge in [-0.05, 0) is 50.8 Å². The van der Waals surface area contributed by atoms with E-state index in [1.54, 1.807) is 0 Å². The minimum atomic E-state index is 0.0655. The van der Waals surface area contributed by atoms with Gasteiger partial charge >= 0.3 is 0 Å². The summed E-state index contributed by atoms with van der Waals surface area (Å²) in [6.07, 6.45) is 14.8. The van der Waals surface area contributed by atoms with E-state index in [9.17, 15) is 4.79 Å². The van der Waals surface area contributed by atoms with E-state index in [0.717, 1.165) is 68.4 Å². The summed E-state index contributed by atoms with van der Waals surface area (Å²) in [5, 5.41) is 8.03. The van der Waals surface area contributed by atoms with Gasteiger partial charge < -0.3 is 16.0 Å². The fourth-order valence-electron chi connectivity index (χ4n) is 5.28. The monoisotopic (exact) mass is 394 g/mol. The van der Waals surface area contributed by atoms with Gasteiger partial charge in [0, 0.05) is 36.1 Å². The summed E-state index contributed by atoms with van der Waals surface area (Å²) in [5.41, 5.74) is 9.91. The number of nitrogen functional groups attached to an aromatic ring is 1. The van der Waals surface area contributed by atoms with Gasteiger partial charge in [-0.2, -0.15) is 5.10 Å². The molecule has 0 spiro atoms. The highest BCUT2D eigenvalue weighted by molar-refractivity contribution is 6.02. The van der Waals surface area contributed by atoms with Crippen molar-refractivity contribution in [3.63, 3.8) is 0 Å². The summed E-state index contributed by atoms with van der Waals surface area (Å²) in [4.78, 5) is 19.8. The molecule has 1 aliphatic carbocycles. The standard InChI is InChI=1S/C22H30N6O/c23-21-20-18(8-11-27(22(20)29)16-4-2-1-3-5-16)19(13-25-21)15-12-26-28(14-15)17-6-9-24-10-7-17/h12-14,16-17,24H,1-11H2,(H2,23,25). The predicted molar refractivity (Wildman–Crippen MR) is 113 cm³/mol. The third-order valence-corrected chi connectivity index (χ3v) is 6.90. The van der Waals surface area contributed by atoms with Crippen LogP contribution in [0, 0.1) is 0 Å². The Morgan fingerprint density at radius 2 is 1.83 bits per heavy atom. The van der Waals surface area contributed by atoms with E-state index in [-0.39, 0.29) is 5.91 Å². The van der Waals surface area contributed by atoms with Gasteiger partial charge in [0.2, 0.25) is 0 Å². The van der Waals surface area contributed by atoms with Crippen LogP contribution in [0.5, 0.6) is 0 Å². The van der Waals surface area contributed by atoms with Crippen molar-refractivity contribution < 1.29 is 4.79 Å². The molecule has 1 saturated heterocycles. The number of hydrogen-bond donors (Lipinski definition) is 2. The molecule has 0 unspecified atom stereocenters. The first-order valence-corrected chi connectivity index (χ1v) is 11.1. The van der Waals surface area contributed by atoms with Crippen LogP contribution < -0.4 is 11.1 Å². The predicted octanol–water partition coefficient (Wildman–Crippen LogP) is 2.78. The average Bonchev–Trinajstić information content (AvgIpc) is 3.25. The van der Waals surface area contributed by atoms with Gasteiger partial charge in [-0.3, -0.25) is 9.48 Å². The highest BCUT2D eigenvalue weighted by Crippen LogP contribution is 2.35. The molecule has 2 fully saturated rings. The van der Waals surface area contributed by atoms with E-state index >= 15 is 0 Å². The molecule has 0 aromatic carbocycles. The highest BCUT2D eigenvalue weighted by Gasteiger charge is 2.34. The molecule has 5 rings (SSSR count). The van der Waals surface area contributed by atoms with Gasteiger partial charge in [-0.15, -0.1) is 0 Å². The van der Waals surface area contributed by atoms with Crippen LogP contribution in [0.3, 0.4) is 0 Å². The number of nitrogens with zero attached hydrogens (tertiary/aromatic N) is 4. The number of carbonyl (C=O) groups is 1. The summed E-state index contributed by atoms with van der Waals surface area (Å²) in [7, 11) is 0. The molecule has 29 heavy (non-hydrogen) atoms. The number of rotatable bonds is 3. The van der Waals surface area contributed by atoms with Crippen LogP contribution in [0.4, 0.5) is 5.82 Å². The number of hydrogen-bond acceptors (Lipinski definition) is 5. The zero-order valence-corrected chi connectivity index (χ0v) is 16.9. The first-order valence-electron chi connectivity index (χ1n) is 11.1. The van der Waals surface area contributed by atoms with Crippen molar-refractivity contribution >= 4 is 11.7 Å². The molecule has 0 bridgehead atoms. The van der Waals surface area contributed by atoms with Crippen molar-refractivity contribution in [3.8, 4) is 11.1 Å². The molecule has 0 radical (unpaired) electrons. The van der Waals surface area contributed by atoms with Crippen molar-refractivity contribution in [2.75, 3.05) is 25.4 Å². The molecule has 3 N–H and O–H groups in total. The van der Waals surface area contributed by atoms with Crippen LogP contribution in [0.2, 0.25) is 0 Å². The van der Waals surface area contributed by atoms with Crippen LogP contribution in [0.1, 0.15) is 66.9 Å². The first-order chi connectivity index (χ1) is 14.2. The molecule has 2 aromatic heterocycles. The third-order valence-electron chi connectivity index (χ3n) is 6.90. The third kappa shape index (κ3) is 3.41. The van der Waals surface area contributed by atoms with Crippen molar-refractivity contribution in [2.45, 2.75) is 63.5 Å². The molecule has 7 nitrogen and oxygen atoms in total. The van der Waals surface area contributed by atoms with Crippen LogP contribution in [0.25, 0.3) is 11.1 Å². The van der Waals surface area contributed by atoms with Gasteiger partial charge in [0.15, 0.2) is 0 Å². The minimum absolute atomic E-state index is 0.0655. The second kappa shape index (κ2) is 7.78. The number of nitrogens with two attached hydrogens (primary N) is 1. The second-order valence-corrected chi connectivity index (χ2v) is 8.64. The number of piperidine rings is 1. The maximum atomic E-state index is 13.4. The lowest BCUT2D eigenvalue weighted by atomic mass is 9.89. The summed E-state index contributed by atoms with van der Waals surface area (Å²) >= 11 is 0. The largest absolute Gasteiger partial charge is 0.383 e.